The minimum absolute atomic E-state index is 0.349. The predicted molar refractivity (Wildman–Crippen MR) is 79.9 cm³/mol. The molecule has 0 fully saturated rings. The Labute approximate surface area is 123 Å². The molecule has 0 bridgehead atoms. The number of hydrogen-bond donors (Lipinski definition) is 1. The van der Waals surface area contributed by atoms with E-state index in [2.05, 4.69) is 46.7 Å². The van der Waals surface area contributed by atoms with Gasteiger partial charge in [-0.3, -0.25) is 0 Å². The number of hydrogen-bond acceptors (Lipinski definition) is 5. The van der Waals surface area contributed by atoms with E-state index in [-0.39, 0.29) is 0 Å². The summed E-state index contributed by atoms with van der Waals surface area (Å²) in [6.07, 6.45) is 2.24. The van der Waals surface area contributed by atoms with Crippen molar-refractivity contribution < 1.29 is 4.42 Å². The van der Waals surface area contributed by atoms with E-state index in [4.69, 9.17) is 4.42 Å². The average molecular weight is 289 g/mol. The van der Waals surface area contributed by atoms with Crippen LogP contribution < -0.4 is 5.32 Å². The van der Waals surface area contributed by atoms with Gasteiger partial charge in [0, 0.05) is 18.2 Å². The zero-order valence-corrected chi connectivity index (χ0v) is 12.6. The molecular weight excluding hydrogens is 270 g/mol. The third-order valence-electron chi connectivity index (χ3n) is 3.64. The van der Waals surface area contributed by atoms with Crippen molar-refractivity contribution in [3.63, 3.8) is 0 Å². The van der Waals surface area contributed by atoms with Crippen LogP contribution in [0.1, 0.15) is 36.4 Å². The van der Waals surface area contributed by atoms with Gasteiger partial charge in [0.15, 0.2) is 0 Å². The van der Waals surface area contributed by atoms with Gasteiger partial charge in [0.05, 0.1) is 0 Å². The van der Waals surface area contributed by atoms with Gasteiger partial charge in [0.1, 0.15) is 0 Å². The van der Waals surface area contributed by atoms with E-state index < -0.39 is 0 Å². The molecular formula is C15H19N3OS. The summed E-state index contributed by atoms with van der Waals surface area (Å²) in [6, 6.07) is 9.05. The van der Waals surface area contributed by atoms with Crippen LogP contribution in [0.3, 0.4) is 0 Å². The summed E-state index contributed by atoms with van der Waals surface area (Å²) in [6.45, 7) is 4.93. The van der Waals surface area contributed by atoms with Crippen molar-refractivity contribution in [1.29, 1.82) is 0 Å². The molecule has 1 heterocycles. The molecule has 0 radical (unpaired) electrons. The smallest absolute Gasteiger partial charge is 0.276 e. The van der Waals surface area contributed by atoms with Gasteiger partial charge in [-0.1, -0.05) is 43.0 Å². The highest BCUT2D eigenvalue weighted by molar-refractivity contribution is 7.99. The standard InChI is InChI=1S/C15H19N3OS/c1-3-16-14-12-7-5-4-6-11(12)8-9-13(14)20-15-18-17-10(2)19-15/h4-7,13-14,16H,3,8-9H2,1-2H3. The van der Waals surface area contributed by atoms with Gasteiger partial charge in [-0.05, 0) is 30.5 Å². The molecule has 106 valence electrons. The molecule has 0 saturated carbocycles. The Kier molecular flexibility index (Phi) is 4.08. The minimum Gasteiger partial charge on any atom is -0.416 e. The summed E-state index contributed by atoms with van der Waals surface area (Å²) >= 11 is 1.69. The number of aryl methyl sites for hydroxylation is 2. The van der Waals surface area contributed by atoms with Gasteiger partial charge in [-0.2, -0.15) is 0 Å². The maximum atomic E-state index is 5.51. The monoisotopic (exact) mass is 289 g/mol. The van der Waals surface area contributed by atoms with E-state index in [9.17, 15) is 0 Å². The lowest BCUT2D eigenvalue weighted by Crippen LogP contribution is -2.34. The number of aromatic nitrogens is 2. The van der Waals surface area contributed by atoms with Crippen LogP contribution in [0.15, 0.2) is 33.9 Å². The second-order valence-electron chi connectivity index (χ2n) is 5.02. The van der Waals surface area contributed by atoms with Crippen LogP contribution in [0.4, 0.5) is 0 Å². The summed E-state index contributed by atoms with van der Waals surface area (Å²) in [4.78, 5) is 0. The maximum Gasteiger partial charge on any atom is 0.276 e. The van der Waals surface area contributed by atoms with Gasteiger partial charge >= 0.3 is 0 Å². The highest BCUT2D eigenvalue weighted by Crippen LogP contribution is 2.39. The molecule has 0 spiro atoms. The number of benzene rings is 1. The Bertz CT molecular complexity index is 584. The fourth-order valence-electron chi connectivity index (χ4n) is 2.77. The van der Waals surface area contributed by atoms with E-state index in [1.54, 1.807) is 11.8 Å². The van der Waals surface area contributed by atoms with Crippen molar-refractivity contribution in [2.24, 2.45) is 0 Å². The first kappa shape index (κ1) is 13.6. The number of nitrogens with one attached hydrogen (secondary N) is 1. The van der Waals surface area contributed by atoms with Crippen molar-refractivity contribution in [1.82, 2.24) is 15.5 Å². The molecule has 4 nitrogen and oxygen atoms in total. The molecule has 2 aromatic rings. The van der Waals surface area contributed by atoms with E-state index >= 15 is 0 Å². The summed E-state index contributed by atoms with van der Waals surface area (Å²) in [5.41, 5.74) is 2.87. The Morgan fingerprint density at radius 1 is 1.35 bits per heavy atom. The number of rotatable bonds is 4. The third-order valence-corrected chi connectivity index (χ3v) is 4.82. The fourth-order valence-corrected chi connectivity index (χ4v) is 3.90. The number of nitrogens with zero attached hydrogens (tertiary/aromatic N) is 2. The lowest BCUT2D eigenvalue weighted by molar-refractivity contribution is 0.422. The molecule has 20 heavy (non-hydrogen) atoms. The van der Waals surface area contributed by atoms with Crippen molar-refractivity contribution in [2.45, 2.75) is 43.2 Å². The zero-order valence-electron chi connectivity index (χ0n) is 11.8. The number of fused-ring (bicyclic) bond motifs is 1. The Hall–Kier alpha value is -1.33. The van der Waals surface area contributed by atoms with Crippen LogP contribution in [0.25, 0.3) is 0 Å². The van der Waals surface area contributed by atoms with Crippen LogP contribution in [-0.4, -0.2) is 22.0 Å². The Morgan fingerprint density at radius 2 is 2.20 bits per heavy atom. The molecule has 0 aliphatic heterocycles. The molecule has 0 saturated heterocycles. The van der Waals surface area contributed by atoms with Crippen molar-refractivity contribution >= 4 is 11.8 Å². The summed E-state index contributed by atoms with van der Waals surface area (Å²) in [7, 11) is 0. The summed E-state index contributed by atoms with van der Waals surface area (Å²) in [5, 5.41) is 12.7. The van der Waals surface area contributed by atoms with Gasteiger partial charge in [-0.25, -0.2) is 0 Å². The van der Waals surface area contributed by atoms with E-state index in [1.165, 1.54) is 11.1 Å². The van der Waals surface area contributed by atoms with E-state index in [0.29, 0.717) is 22.4 Å². The summed E-state index contributed by atoms with van der Waals surface area (Å²) < 4.78 is 5.51. The lowest BCUT2D eigenvalue weighted by Gasteiger charge is -2.33. The molecule has 1 aliphatic rings. The molecule has 1 N–H and O–H groups in total. The van der Waals surface area contributed by atoms with E-state index in [0.717, 1.165) is 19.4 Å². The van der Waals surface area contributed by atoms with Crippen LogP contribution >= 0.6 is 11.8 Å². The van der Waals surface area contributed by atoms with Gasteiger partial charge in [-0.15, -0.1) is 10.2 Å². The topological polar surface area (TPSA) is 51.0 Å². The SMILES string of the molecule is CCNC1c2ccccc2CCC1Sc1nnc(C)o1. The molecule has 1 aromatic carbocycles. The van der Waals surface area contributed by atoms with Crippen molar-refractivity contribution in [3.8, 4) is 0 Å². The molecule has 1 aromatic heterocycles. The summed E-state index contributed by atoms with van der Waals surface area (Å²) in [5.74, 6) is 0.628. The largest absolute Gasteiger partial charge is 0.416 e. The lowest BCUT2D eigenvalue weighted by atomic mass is 9.87. The van der Waals surface area contributed by atoms with Gasteiger partial charge < -0.3 is 9.73 Å². The minimum atomic E-state index is 0.349. The van der Waals surface area contributed by atoms with E-state index in [1.807, 2.05) is 6.92 Å². The molecule has 0 amide bonds. The van der Waals surface area contributed by atoms with Gasteiger partial charge in [0.2, 0.25) is 5.89 Å². The van der Waals surface area contributed by atoms with Crippen LogP contribution in [0.5, 0.6) is 0 Å². The van der Waals surface area contributed by atoms with Crippen molar-refractivity contribution in [3.05, 3.63) is 41.3 Å². The maximum absolute atomic E-state index is 5.51. The molecule has 5 heteroatoms. The fraction of sp³-hybridized carbons (Fsp3) is 0.467. The highest BCUT2D eigenvalue weighted by Gasteiger charge is 2.30. The normalized spacial score (nSPS) is 21.7. The molecule has 3 rings (SSSR count). The van der Waals surface area contributed by atoms with Crippen molar-refractivity contribution in [2.75, 3.05) is 6.54 Å². The first-order chi connectivity index (χ1) is 9.78. The Morgan fingerprint density at radius 3 is 2.95 bits per heavy atom. The quantitative estimate of drug-likeness (QED) is 0.937. The highest BCUT2D eigenvalue weighted by atomic mass is 32.2. The van der Waals surface area contributed by atoms with Crippen LogP contribution in [-0.2, 0) is 6.42 Å². The Balaban J connectivity index is 1.84. The van der Waals surface area contributed by atoms with Gasteiger partial charge in [0.25, 0.3) is 5.22 Å². The predicted octanol–water partition coefficient (Wildman–Crippen LogP) is 3.14. The second kappa shape index (κ2) is 5.97. The van der Waals surface area contributed by atoms with Crippen LogP contribution in [0, 0.1) is 6.92 Å². The third kappa shape index (κ3) is 2.74. The molecule has 1 aliphatic carbocycles. The average Bonchev–Trinajstić information content (AvgIpc) is 2.87. The molecule has 2 atom stereocenters. The molecule has 2 unspecified atom stereocenters. The second-order valence-corrected chi connectivity index (χ2v) is 6.21. The van der Waals surface area contributed by atoms with Crippen LogP contribution in [0.2, 0.25) is 0 Å². The first-order valence-corrected chi connectivity index (χ1v) is 7.94. The zero-order chi connectivity index (χ0) is 13.9. The number of thioether (sulfide) groups is 1. The first-order valence-electron chi connectivity index (χ1n) is 7.06.